The SMILES string of the molecule is C[C@@H]1CN(c2ncc(-c3ccc4nc5n(c4n3)C3(CCC5)COc4ccccc43)cn2)CCN1C(=O)COC(C)(C)C. The van der Waals surface area contributed by atoms with Crippen LogP contribution in [0.4, 0.5) is 5.95 Å². The summed E-state index contributed by atoms with van der Waals surface area (Å²) in [5.41, 5.74) is 4.01. The highest BCUT2D eigenvalue weighted by molar-refractivity contribution is 5.78. The maximum atomic E-state index is 12.7. The van der Waals surface area contributed by atoms with Crippen molar-refractivity contribution in [1.29, 1.82) is 0 Å². The van der Waals surface area contributed by atoms with Crippen LogP contribution in [0.5, 0.6) is 5.75 Å². The predicted octanol–water partition coefficient (Wildman–Crippen LogP) is 4.21. The van der Waals surface area contributed by atoms with E-state index < -0.39 is 0 Å². The summed E-state index contributed by atoms with van der Waals surface area (Å²) < 4.78 is 14.2. The Hall–Kier alpha value is -4.05. The summed E-state index contributed by atoms with van der Waals surface area (Å²) in [4.78, 5) is 36.3. The van der Waals surface area contributed by atoms with Crippen LogP contribution in [0, 0.1) is 0 Å². The molecule has 1 spiro atoms. The average Bonchev–Trinajstić information content (AvgIpc) is 3.55. The van der Waals surface area contributed by atoms with Crippen LogP contribution in [0.25, 0.3) is 22.4 Å². The maximum Gasteiger partial charge on any atom is 0.248 e. The van der Waals surface area contributed by atoms with Gasteiger partial charge in [-0.25, -0.2) is 19.9 Å². The molecule has 1 aromatic carbocycles. The van der Waals surface area contributed by atoms with Gasteiger partial charge in [0.15, 0.2) is 5.65 Å². The lowest BCUT2D eigenvalue weighted by Crippen LogP contribution is -2.55. The highest BCUT2D eigenvalue weighted by atomic mass is 16.5. The van der Waals surface area contributed by atoms with E-state index in [9.17, 15) is 4.79 Å². The van der Waals surface area contributed by atoms with Crippen LogP contribution in [0.3, 0.4) is 0 Å². The van der Waals surface area contributed by atoms with E-state index >= 15 is 0 Å². The molecule has 6 heterocycles. The van der Waals surface area contributed by atoms with E-state index in [0.717, 1.165) is 53.3 Å². The summed E-state index contributed by atoms with van der Waals surface area (Å²) in [6.07, 6.45) is 6.66. The zero-order valence-electron chi connectivity index (χ0n) is 24.7. The highest BCUT2D eigenvalue weighted by Crippen LogP contribution is 2.47. The summed E-state index contributed by atoms with van der Waals surface area (Å²) in [6.45, 7) is 10.6. The minimum Gasteiger partial charge on any atom is -0.490 e. The van der Waals surface area contributed by atoms with E-state index in [1.54, 1.807) is 0 Å². The van der Waals surface area contributed by atoms with E-state index in [-0.39, 0.29) is 29.7 Å². The number of hydrogen-bond donors (Lipinski definition) is 0. The Balaban J connectivity index is 1.12. The standard InChI is InChI=1S/C32H37N7O3/c1-21-18-37(14-15-38(21)28(40)19-42-31(2,3)4)30-33-16-22(17-34-30)24-11-12-25-29(36-24)39-27(35-25)10-7-13-32(39)20-41-26-9-6-5-8-23(26)32/h5-6,8-9,11-12,16-17,21H,7,10,13-15,18-20H2,1-4H3/t21-,32?/m1/s1. The molecule has 0 aliphatic carbocycles. The maximum absolute atomic E-state index is 12.7. The molecule has 1 saturated heterocycles. The van der Waals surface area contributed by atoms with Gasteiger partial charge in [0.2, 0.25) is 11.9 Å². The van der Waals surface area contributed by atoms with Gasteiger partial charge in [0.1, 0.15) is 35.8 Å². The quantitative estimate of drug-likeness (QED) is 0.362. The van der Waals surface area contributed by atoms with Gasteiger partial charge in [0, 0.05) is 55.6 Å². The Morgan fingerprint density at radius 3 is 2.69 bits per heavy atom. The third-order valence-electron chi connectivity index (χ3n) is 8.64. The normalized spacial score (nSPS) is 21.9. The number of benzene rings is 1. The number of hydrogen-bond acceptors (Lipinski definition) is 8. The van der Waals surface area contributed by atoms with Gasteiger partial charge in [0.05, 0.1) is 11.3 Å². The molecule has 1 amide bonds. The molecule has 7 rings (SSSR count). The third kappa shape index (κ3) is 4.58. The number of ether oxygens (including phenoxy) is 2. The molecule has 1 fully saturated rings. The number of carbonyl (C=O) groups is 1. The van der Waals surface area contributed by atoms with Gasteiger partial charge in [-0.1, -0.05) is 18.2 Å². The van der Waals surface area contributed by atoms with Crippen LogP contribution in [0.1, 0.15) is 51.9 Å². The minimum absolute atomic E-state index is 0.0197. The number of carbonyl (C=O) groups excluding carboxylic acids is 1. The number of aromatic nitrogens is 5. The second kappa shape index (κ2) is 10.0. The summed E-state index contributed by atoms with van der Waals surface area (Å²) in [5, 5.41) is 0. The molecule has 3 aliphatic heterocycles. The fourth-order valence-electron chi connectivity index (χ4n) is 6.56. The molecule has 10 nitrogen and oxygen atoms in total. The van der Waals surface area contributed by atoms with Gasteiger partial charge in [0.25, 0.3) is 0 Å². The number of imidazole rings is 1. The molecule has 218 valence electrons. The van der Waals surface area contributed by atoms with Crippen LogP contribution in [0.15, 0.2) is 48.8 Å². The first kappa shape index (κ1) is 26.8. The van der Waals surface area contributed by atoms with Crippen molar-refractivity contribution >= 4 is 23.0 Å². The highest BCUT2D eigenvalue weighted by Gasteiger charge is 2.46. The zero-order valence-corrected chi connectivity index (χ0v) is 24.7. The Morgan fingerprint density at radius 2 is 1.90 bits per heavy atom. The van der Waals surface area contributed by atoms with Crippen molar-refractivity contribution in [3.63, 3.8) is 0 Å². The molecule has 3 aliphatic rings. The average molecular weight is 568 g/mol. The molecule has 0 N–H and O–H groups in total. The van der Waals surface area contributed by atoms with Crippen molar-refractivity contribution < 1.29 is 14.3 Å². The van der Waals surface area contributed by atoms with Gasteiger partial charge in [-0.2, -0.15) is 0 Å². The molecular formula is C32H37N7O3. The van der Waals surface area contributed by atoms with Gasteiger partial charge >= 0.3 is 0 Å². The Kier molecular flexibility index (Phi) is 6.42. The number of fused-ring (bicyclic) bond motifs is 6. The number of anilines is 1. The molecular weight excluding hydrogens is 530 g/mol. The van der Waals surface area contributed by atoms with Crippen LogP contribution in [-0.2, 0) is 21.5 Å². The summed E-state index contributed by atoms with van der Waals surface area (Å²) in [7, 11) is 0. The molecule has 0 bridgehead atoms. The predicted molar refractivity (Wildman–Crippen MR) is 160 cm³/mol. The third-order valence-corrected chi connectivity index (χ3v) is 8.64. The fourth-order valence-corrected chi connectivity index (χ4v) is 6.56. The lowest BCUT2D eigenvalue weighted by atomic mass is 9.83. The second-order valence-corrected chi connectivity index (χ2v) is 12.6. The fraction of sp³-hybridized carbons (Fsp3) is 0.469. The molecule has 0 radical (unpaired) electrons. The van der Waals surface area contributed by atoms with Crippen molar-refractivity contribution in [3.8, 4) is 17.0 Å². The van der Waals surface area contributed by atoms with Crippen LogP contribution >= 0.6 is 0 Å². The van der Waals surface area contributed by atoms with Crippen molar-refractivity contribution in [1.82, 2.24) is 29.4 Å². The molecule has 2 atom stereocenters. The molecule has 0 saturated carbocycles. The summed E-state index contributed by atoms with van der Waals surface area (Å²) in [6, 6.07) is 12.4. The van der Waals surface area contributed by atoms with Gasteiger partial charge in [-0.3, -0.25) is 9.36 Å². The molecule has 10 heteroatoms. The van der Waals surface area contributed by atoms with Crippen molar-refractivity contribution in [2.75, 3.05) is 37.7 Å². The molecule has 1 unspecified atom stereocenters. The number of nitrogens with zero attached hydrogens (tertiary/aromatic N) is 7. The van der Waals surface area contributed by atoms with Crippen molar-refractivity contribution in [2.45, 2.75) is 64.1 Å². The minimum atomic E-state index is -0.342. The molecule has 4 aromatic rings. The topological polar surface area (TPSA) is 98.5 Å². The van der Waals surface area contributed by atoms with E-state index in [1.165, 1.54) is 5.56 Å². The number of para-hydroxylation sites is 1. The summed E-state index contributed by atoms with van der Waals surface area (Å²) in [5.74, 6) is 2.69. The molecule has 42 heavy (non-hydrogen) atoms. The number of amides is 1. The largest absolute Gasteiger partial charge is 0.490 e. The lowest BCUT2D eigenvalue weighted by Gasteiger charge is -2.40. The second-order valence-electron chi connectivity index (χ2n) is 12.6. The van der Waals surface area contributed by atoms with Crippen molar-refractivity contribution in [2.24, 2.45) is 0 Å². The smallest absolute Gasteiger partial charge is 0.248 e. The number of pyridine rings is 1. The van der Waals surface area contributed by atoms with E-state index in [1.807, 2.05) is 56.3 Å². The van der Waals surface area contributed by atoms with E-state index in [2.05, 4.69) is 34.6 Å². The number of aryl methyl sites for hydroxylation is 1. The van der Waals surface area contributed by atoms with Gasteiger partial charge in [-0.05, 0) is 58.7 Å². The zero-order chi connectivity index (χ0) is 29.1. The van der Waals surface area contributed by atoms with Crippen molar-refractivity contribution in [3.05, 3.63) is 60.2 Å². The lowest BCUT2D eigenvalue weighted by molar-refractivity contribution is -0.143. The van der Waals surface area contributed by atoms with E-state index in [0.29, 0.717) is 32.2 Å². The Morgan fingerprint density at radius 1 is 1.10 bits per heavy atom. The summed E-state index contributed by atoms with van der Waals surface area (Å²) >= 11 is 0. The van der Waals surface area contributed by atoms with Gasteiger partial charge in [-0.15, -0.1) is 0 Å². The van der Waals surface area contributed by atoms with Crippen LogP contribution in [0.2, 0.25) is 0 Å². The molecule has 3 aromatic heterocycles. The monoisotopic (exact) mass is 567 g/mol. The van der Waals surface area contributed by atoms with Crippen LogP contribution in [-0.4, -0.2) is 79.8 Å². The number of piperazine rings is 1. The van der Waals surface area contributed by atoms with Crippen LogP contribution < -0.4 is 9.64 Å². The first-order chi connectivity index (χ1) is 20.2. The van der Waals surface area contributed by atoms with Gasteiger partial charge < -0.3 is 19.3 Å². The Bertz CT molecular complexity index is 1640. The first-order valence-electron chi connectivity index (χ1n) is 14.8. The first-order valence-corrected chi connectivity index (χ1v) is 14.8. The number of rotatable bonds is 4. The van der Waals surface area contributed by atoms with E-state index in [4.69, 9.17) is 29.4 Å². The Labute approximate surface area is 245 Å².